The zero-order valence-electron chi connectivity index (χ0n) is 43.5. The molecule has 7 aromatic carbocycles. The summed E-state index contributed by atoms with van der Waals surface area (Å²) < 4.78 is 8.08. The summed E-state index contributed by atoms with van der Waals surface area (Å²) in [6.07, 6.45) is 0. The Hall–Kier alpha value is -6.04. The van der Waals surface area contributed by atoms with Gasteiger partial charge in [-0.3, -0.25) is 0 Å². The van der Waals surface area contributed by atoms with Crippen LogP contribution in [0.4, 0.5) is 17.1 Å². The van der Waals surface area contributed by atoms with E-state index in [1.54, 1.807) is 0 Å². The Morgan fingerprint density at radius 1 is 0.391 bits per heavy atom. The van der Waals surface area contributed by atoms with Gasteiger partial charge in [-0.15, -0.1) is 11.3 Å². The minimum atomic E-state index is -0.0746. The van der Waals surface area contributed by atoms with Gasteiger partial charge in [-0.2, -0.15) is 0 Å². The maximum Gasteiger partial charge on any atom is 0.264 e. The number of nitrogens with zero attached hydrogens (tertiary/aromatic N) is 3. The van der Waals surface area contributed by atoms with E-state index in [2.05, 4.69) is 245 Å². The molecule has 0 aliphatic carbocycles. The van der Waals surface area contributed by atoms with Crippen LogP contribution < -0.4 is 20.6 Å². The molecule has 0 saturated carbocycles. The van der Waals surface area contributed by atoms with Crippen molar-refractivity contribution in [3.8, 4) is 11.4 Å². The van der Waals surface area contributed by atoms with Gasteiger partial charge in [-0.1, -0.05) is 171 Å². The fourth-order valence-electron chi connectivity index (χ4n) is 11.6. The molecule has 3 nitrogen and oxygen atoms in total. The van der Waals surface area contributed by atoms with Crippen molar-refractivity contribution in [2.45, 2.75) is 131 Å². The molecular formula is C64H66BN3S. The monoisotopic (exact) mass is 920 g/mol. The van der Waals surface area contributed by atoms with Crippen LogP contribution in [0.2, 0.25) is 0 Å². The van der Waals surface area contributed by atoms with E-state index in [1.807, 2.05) is 11.3 Å². The zero-order valence-corrected chi connectivity index (χ0v) is 44.3. The quantitative estimate of drug-likeness (QED) is 0.158. The second-order valence-electron chi connectivity index (χ2n) is 25.6. The summed E-state index contributed by atoms with van der Waals surface area (Å²) in [5.74, 6) is 0. The lowest BCUT2D eigenvalue weighted by molar-refractivity contribution is 0.589. The molecule has 5 heteroatoms. The molecule has 0 saturated heterocycles. The first-order chi connectivity index (χ1) is 32.4. The summed E-state index contributed by atoms with van der Waals surface area (Å²) in [5.41, 5.74) is 20.9. The standard InChI is InChI=1S/C64H66BN3S/c1-60(2,3)37-22-26-42(27-23-37)66-50-20-17-21-51-54(50)65(59-58(66)48-33-39(62(7,8)9)25-31-53(48)69-59)49-35-41(64(13,14)15)34-47-46-30-29-45-44-28-24-40(63(10,11)12)36-52(44)67(56(45)57(46)68(51)55(47)49)43-19-16-18-38(32-43)61(4,5)6/h16-36H,1-15H3. The summed E-state index contributed by atoms with van der Waals surface area (Å²) in [6.45, 7) is 35.1. The van der Waals surface area contributed by atoms with Crippen LogP contribution in [-0.4, -0.2) is 15.8 Å². The summed E-state index contributed by atoms with van der Waals surface area (Å²) in [4.78, 5) is 2.63. The first-order valence-corrected chi connectivity index (χ1v) is 26.0. The highest BCUT2D eigenvalue weighted by atomic mass is 32.1. The fraction of sp³-hybridized carbons (Fsp3) is 0.312. The molecular weight excluding hydrogens is 854 g/mol. The first-order valence-electron chi connectivity index (χ1n) is 25.2. The van der Waals surface area contributed by atoms with Gasteiger partial charge >= 0.3 is 0 Å². The minimum absolute atomic E-state index is 0.00847. The zero-order chi connectivity index (χ0) is 48.6. The highest BCUT2D eigenvalue weighted by molar-refractivity contribution is 7.33. The fourth-order valence-corrected chi connectivity index (χ4v) is 12.9. The Morgan fingerprint density at radius 2 is 0.928 bits per heavy atom. The number of hydrogen-bond acceptors (Lipinski definition) is 2. The van der Waals surface area contributed by atoms with Gasteiger partial charge in [0.1, 0.15) is 0 Å². The molecule has 0 atom stereocenters. The Balaban J connectivity index is 1.27. The van der Waals surface area contributed by atoms with E-state index >= 15 is 0 Å². The summed E-state index contributed by atoms with van der Waals surface area (Å²) in [6, 6.07) is 50.5. The van der Waals surface area contributed by atoms with Gasteiger partial charge in [0.15, 0.2) is 0 Å². The Labute approximate surface area is 413 Å². The molecule has 0 fully saturated rings. The number of benzene rings is 7. The number of hydrogen-bond donors (Lipinski definition) is 0. The number of fused-ring (bicyclic) bond motifs is 13. The predicted octanol–water partition coefficient (Wildman–Crippen LogP) is 16.2. The number of aromatic nitrogens is 2. The Kier molecular flexibility index (Phi) is 9.15. The van der Waals surface area contributed by atoms with Crippen LogP contribution in [0.3, 0.4) is 0 Å². The van der Waals surface area contributed by atoms with Gasteiger partial charge in [-0.25, -0.2) is 0 Å². The normalized spacial score (nSPS) is 14.2. The minimum Gasteiger partial charge on any atom is -0.310 e. The Morgan fingerprint density at radius 3 is 1.59 bits per heavy atom. The molecule has 2 aliphatic rings. The molecule has 0 amide bonds. The van der Waals surface area contributed by atoms with E-state index in [4.69, 9.17) is 0 Å². The lowest BCUT2D eigenvalue weighted by Gasteiger charge is -2.39. The van der Waals surface area contributed by atoms with Crippen LogP contribution in [0.25, 0.3) is 65.1 Å². The SMILES string of the molecule is CC(C)(C)c1ccc(N2c3cccc4c3B(c3sc5ccc(C(C)(C)C)cc5c32)c2cc(C(C)(C)C)cc3c5ccc6c7ccc(C(C)(C)C)cc7n(-c7cccc(C(C)(C)C)c7)c6c5n-4c23)cc1. The molecule has 0 spiro atoms. The van der Waals surface area contributed by atoms with Crippen LogP contribution in [0, 0.1) is 0 Å². The van der Waals surface area contributed by atoms with Gasteiger partial charge in [0, 0.05) is 64.7 Å². The van der Waals surface area contributed by atoms with Crippen molar-refractivity contribution in [2.24, 2.45) is 0 Å². The van der Waals surface area contributed by atoms with Crippen molar-refractivity contribution >= 4 is 105 Å². The molecule has 0 bridgehead atoms. The van der Waals surface area contributed by atoms with E-state index in [0.29, 0.717) is 0 Å². The van der Waals surface area contributed by atoms with Crippen molar-refractivity contribution in [1.82, 2.24) is 9.13 Å². The van der Waals surface area contributed by atoms with Crippen molar-refractivity contribution < 1.29 is 0 Å². The van der Waals surface area contributed by atoms with Gasteiger partial charge < -0.3 is 14.0 Å². The summed E-state index contributed by atoms with van der Waals surface area (Å²) in [5, 5.41) is 6.54. The van der Waals surface area contributed by atoms with E-state index in [-0.39, 0.29) is 33.8 Å². The van der Waals surface area contributed by atoms with Crippen LogP contribution in [0.5, 0.6) is 0 Å². The third-order valence-corrected chi connectivity index (χ3v) is 16.9. The largest absolute Gasteiger partial charge is 0.310 e. The average Bonchev–Trinajstić information content (AvgIpc) is 3.94. The third-order valence-electron chi connectivity index (χ3n) is 15.7. The molecule has 69 heavy (non-hydrogen) atoms. The van der Waals surface area contributed by atoms with Crippen molar-refractivity contribution in [2.75, 3.05) is 4.90 Å². The highest BCUT2D eigenvalue weighted by Crippen LogP contribution is 2.49. The number of thiophene rings is 1. The molecule has 2 aliphatic heterocycles. The van der Waals surface area contributed by atoms with E-state index in [0.717, 1.165) is 0 Å². The first kappa shape index (κ1) is 44.2. The van der Waals surface area contributed by atoms with E-state index in [1.165, 1.54) is 126 Å². The second-order valence-corrected chi connectivity index (χ2v) is 26.7. The van der Waals surface area contributed by atoms with E-state index in [9.17, 15) is 0 Å². The van der Waals surface area contributed by atoms with Crippen LogP contribution in [0.15, 0.2) is 127 Å². The van der Waals surface area contributed by atoms with Crippen molar-refractivity contribution in [3.63, 3.8) is 0 Å². The molecule has 0 radical (unpaired) electrons. The van der Waals surface area contributed by atoms with Gasteiger partial charge in [0.05, 0.1) is 22.2 Å². The summed E-state index contributed by atoms with van der Waals surface area (Å²) in [7, 11) is 0. The van der Waals surface area contributed by atoms with Crippen LogP contribution >= 0.6 is 11.3 Å². The number of anilines is 3. The van der Waals surface area contributed by atoms with Crippen molar-refractivity contribution in [3.05, 3.63) is 155 Å². The lowest BCUT2D eigenvalue weighted by Crippen LogP contribution is -2.59. The second kappa shape index (κ2) is 14.3. The van der Waals surface area contributed by atoms with Gasteiger partial charge in [0.2, 0.25) is 0 Å². The molecule has 10 aromatic rings. The lowest BCUT2D eigenvalue weighted by atomic mass is 9.36. The van der Waals surface area contributed by atoms with Crippen LogP contribution in [0.1, 0.15) is 132 Å². The number of rotatable bonds is 2. The predicted molar refractivity (Wildman–Crippen MR) is 303 cm³/mol. The van der Waals surface area contributed by atoms with Crippen LogP contribution in [-0.2, 0) is 27.1 Å². The third kappa shape index (κ3) is 6.51. The van der Waals surface area contributed by atoms with Crippen molar-refractivity contribution in [1.29, 1.82) is 0 Å². The van der Waals surface area contributed by atoms with E-state index < -0.39 is 0 Å². The Bertz CT molecular complexity index is 3800. The van der Waals surface area contributed by atoms with Gasteiger partial charge in [0.25, 0.3) is 6.71 Å². The van der Waals surface area contributed by atoms with Gasteiger partial charge in [-0.05, 0) is 126 Å². The highest BCUT2D eigenvalue weighted by Gasteiger charge is 2.45. The molecule has 5 heterocycles. The molecule has 0 N–H and O–H groups in total. The molecule has 346 valence electrons. The molecule has 0 unspecified atom stereocenters. The summed E-state index contributed by atoms with van der Waals surface area (Å²) >= 11 is 2.00. The maximum absolute atomic E-state index is 2.70. The maximum atomic E-state index is 2.70. The smallest absolute Gasteiger partial charge is 0.264 e. The average molecular weight is 920 g/mol. The molecule has 12 rings (SSSR count). The topological polar surface area (TPSA) is 13.1 Å². The molecule has 3 aromatic heterocycles.